The van der Waals surface area contributed by atoms with Gasteiger partial charge in [-0.1, -0.05) is 5.16 Å². The summed E-state index contributed by atoms with van der Waals surface area (Å²) in [5, 5.41) is 7.60. The highest BCUT2D eigenvalue weighted by atomic mass is 16.6. The Morgan fingerprint density at radius 3 is 2.93 bits per heavy atom. The smallest absolute Gasteiger partial charge is 0.326 e. The maximum atomic E-state index is 12.5. The van der Waals surface area contributed by atoms with Crippen molar-refractivity contribution >= 4 is 29.0 Å². The summed E-state index contributed by atoms with van der Waals surface area (Å²) in [5.41, 5.74) is 7.96. The minimum Gasteiger partial charge on any atom is -0.438 e. The molecular formula is C19H20N6O3. The third-order valence-corrected chi connectivity index (χ3v) is 4.44. The number of aromatic nitrogens is 3. The molecule has 0 radical (unpaired) electrons. The molecule has 1 aliphatic carbocycles. The molecule has 3 aromatic rings. The third-order valence-electron chi connectivity index (χ3n) is 4.44. The quantitative estimate of drug-likeness (QED) is 0.519. The number of rotatable bonds is 5. The van der Waals surface area contributed by atoms with Gasteiger partial charge in [-0.25, -0.2) is 14.8 Å². The predicted molar refractivity (Wildman–Crippen MR) is 105 cm³/mol. The number of hydrogen-bond donors (Lipinski definition) is 2. The van der Waals surface area contributed by atoms with Crippen LogP contribution in [-0.4, -0.2) is 39.9 Å². The lowest BCUT2D eigenvalue weighted by atomic mass is 10.2. The Labute approximate surface area is 161 Å². The normalized spacial score (nSPS) is 13.8. The molecule has 1 saturated carbocycles. The van der Waals surface area contributed by atoms with Gasteiger partial charge in [0, 0.05) is 17.1 Å². The second kappa shape index (κ2) is 7.18. The van der Waals surface area contributed by atoms with E-state index in [0.717, 1.165) is 29.4 Å². The summed E-state index contributed by atoms with van der Waals surface area (Å²) >= 11 is 0. The Hall–Kier alpha value is -3.62. The molecule has 2 heterocycles. The van der Waals surface area contributed by atoms with Crippen molar-refractivity contribution in [2.24, 2.45) is 5.16 Å². The van der Waals surface area contributed by atoms with Crippen molar-refractivity contribution < 1.29 is 14.4 Å². The summed E-state index contributed by atoms with van der Waals surface area (Å²) in [7, 11) is 1.43. The van der Waals surface area contributed by atoms with E-state index in [0.29, 0.717) is 17.4 Å². The first-order chi connectivity index (χ1) is 13.6. The topological polar surface area (TPSA) is 117 Å². The van der Waals surface area contributed by atoms with Crippen LogP contribution in [0.3, 0.4) is 0 Å². The van der Waals surface area contributed by atoms with Crippen molar-refractivity contribution in [3.8, 4) is 11.6 Å². The van der Waals surface area contributed by atoms with Gasteiger partial charge in [0.05, 0.1) is 11.7 Å². The maximum absolute atomic E-state index is 12.5. The van der Waals surface area contributed by atoms with Crippen LogP contribution in [0.5, 0.6) is 11.6 Å². The number of anilines is 1. The molecule has 1 fully saturated rings. The number of nitrogen functional groups attached to an aromatic ring is 1. The molecule has 0 bridgehead atoms. The van der Waals surface area contributed by atoms with Gasteiger partial charge in [-0.3, -0.25) is 4.57 Å². The highest BCUT2D eigenvalue weighted by Gasteiger charge is 2.25. The standard InChI is InChI=1S/C19H20N6O3/c1-11-7-12-8-14(5-6-16(12)25(11)19(26)24-13-3-4-13)28-18-15(9-23-27-2)17(20)21-10-22-18/h5-10,13H,3-4H2,1-2H3,(H,24,26)(H2,20,21,22). The van der Waals surface area contributed by atoms with Crippen molar-refractivity contribution in [3.05, 3.63) is 41.9 Å². The lowest BCUT2D eigenvalue weighted by Gasteiger charge is -2.10. The van der Waals surface area contributed by atoms with E-state index in [1.54, 1.807) is 10.6 Å². The summed E-state index contributed by atoms with van der Waals surface area (Å²) in [6.45, 7) is 1.90. The molecule has 0 saturated heterocycles. The Morgan fingerprint density at radius 1 is 1.36 bits per heavy atom. The van der Waals surface area contributed by atoms with E-state index in [4.69, 9.17) is 15.3 Å². The molecule has 1 aliphatic rings. The van der Waals surface area contributed by atoms with E-state index >= 15 is 0 Å². The highest BCUT2D eigenvalue weighted by Crippen LogP contribution is 2.29. The Balaban J connectivity index is 1.65. The van der Waals surface area contributed by atoms with Crippen molar-refractivity contribution in [1.29, 1.82) is 0 Å². The predicted octanol–water partition coefficient (Wildman–Crippen LogP) is 2.81. The van der Waals surface area contributed by atoms with E-state index < -0.39 is 0 Å². The molecule has 9 heteroatoms. The van der Waals surface area contributed by atoms with Crippen LogP contribution in [0.25, 0.3) is 10.9 Å². The van der Waals surface area contributed by atoms with Crippen LogP contribution < -0.4 is 15.8 Å². The fourth-order valence-corrected chi connectivity index (χ4v) is 2.94. The van der Waals surface area contributed by atoms with E-state index in [9.17, 15) is 4.79 Å². The molecule has 0 atom stereocenters. The zero-order valence-electron chi connectivity index (χ0n) is 15.5. The lowest BCUT2D eigenvalue weighted by molar-refractivity contribution is 0.215. The van der Waals surface area contributed by atoms with Crippen molar-refractivity contribution in [2.45, 2.75) is 25.8 Å². The Kier molecular flexibility index (Phi) is 4.56. The first-order valence-electron chi connectivity index (χ1n) is 8.84. The van der Waals surface area contributed by atoms with Gasteiger partial charge in [0.15, 0.2) is 0 Å². The third kappa shape index (κ3) is 3.46. The Morgan fingerprint density at radius 2 is 2.18 bits per heavy atom. The van der Waals surface area contributed by atoms with Crippen LogP contribution in [0.2, 0.25) is 0 Å². The molecule has 3 N–H and O–H groups in total. The minimum absolute atomic E-state index is 0.106. The number of ether oxygens (including phenoxy) is 1. The van der Waals surface area contributed by atoms with Gasteiger partial charge in [-0.2, -0.15) is 0 Å². The molecule has 1 aromatic carbocycles. The van der Waals surface area contributed by atoms with Gasteiger partial charge in [0.2, 0.25) is 5.88 Å². The number of nitrogens with zero attached hydrogens (tertiary/aromatic N) is 4. The van der Waals surface area contributed by atoms with Gasteiger partial charge < -0.3 is 20.6 Å². The van der Waals surface area contributed by atoms with Gasteiger partial charge in [0.25, 0.3) is 0 Å². The molecule has 9 nitrogen and oxygen atoms in total. The Bertz CT molecular complexity index is 1070. The van der Waals surface area contributed by atoms with Crippen molar-refractivity contribution in [2.75, 3.05) is 12.8 Å². The van der Waals surface area contributed by atoms with Crippen LogP contribution in [0.1, 0.15) is 24.1 Å². The first-order valence-corrected chi connectivity index (χ1v) is 8.84. The summed E-state index contributed by atoms with van der Waals surface area (Å²) in [5.74, 6) is 1.04. The fourth-order valence-electron chi connectivity index (χ4n) is 2.94. The van der Waals surface area contributed by atoms with Gasteiger partial charge in [0.1, 0.15) is 30.6 Å². The number of benzene rings is 1. The second-order valence-electron chi connectivity index (χ2n) is 6.56. The van der Waals surface area contributed by atoms with Crippen molar-refractivity contribution in [1.82, 2.24) is 19.9 Å². The fraction of sp³-hybridized carbons (Fsp3) is 0.263. The summed E-state index contributed by atoms with van der Waals surface area (Å²) in [6.07, 6.45) is 4.79. The summed E-state index contributed by atoms with van der Waals surface area (Å²) in [6, 6.07) is 7.60. The van der Waals surface area contributed by atoms with Gasteiger partial charge >= 0.3 is 6.03 Å². The molecule has 0 spiro atoms. The second-order valence-corrected chi connectivity index (χ2v) is 6.56. The average molecular weight is 380 g/mol. The number of carbonyl (C=O) groups is 1. The van der Waals surface area contributed by atoms with E-state index in [1.165, 1.54) is 19.7 Å². The number of fused-ring (bicyclic) bond motifs is 1. The number of amides is 1. The zero-order chi connectivity index (χ0) is 19.7. The maximum Gasteiger partial charge on any atom is 0.326 e. The van der Waals surface area contributed by atoms with Crippen LogP contribution in [-0.2, 0) is 4.84 Å². The number of carbonyl (C=O) groups excluding carboxylic acids is 1. The number of hydrogen-bond acceptors (Lipinski definition) is 7. The van der Waals surface area contributed by atoms with E-state index in [2.05, 4.69) is 20.4 Å². The SMILES string of the molecule is CON=Cc1c(N)ncnc1Oc1ccc2c(c1)cc(C)n2C(=O)NC1CC1. The first kappa shape index (κ1) is 17.8. The van der Waals surface area contributed by atoms with Crippen LogP contribution >= 0.6 is 0 Å². The largest absolute Gasteiger partial charge is 0.438 e. The number of nitrogens with one attached hydrogen (secondary N) is 1. The monoisotopic (exact) mass is 380 g/mol. The zero-order valence-corrected chi connectivity index (χ0v) is 15.5. The van der Waals surface area contributed by atoms with Crippen LogP contribution in [0.4, 0.5) is 10.6 Å². The lowest BCUT2D eigenvalue weighted by Crippen LogP contribution is -2.30. The van der Waals surface area contributed by atoms with Crippen LogP contribution in [0, 0.1) is 6.92 Å². The van der Waals surface area contributed by atoms with Crippen molar-refractivity contribution in [3.63, 3.8) is 0 Å². The molecule has 4 rings (SSSR count). The molecule has 28 heavy (non-hydrogen) atoms. The molecule has 1 amide bonds. The number of nitrogens with two attached hydrogens (primary N) is 1. The summed E-state index contributed by atoms with van der Waals surface area (Å²) in [4.78, 5) is 25.3. The number of aryl methyl sites for hydroxylation is 1. The molecular weight excluding hydrogens is 360 g/mol. The molecule has 0 unspecified atom stereocenters. The average Bonchev–Trinajstić information content (AvgIpc) is 3.41. The molecule has 0 aliphatic heterocycles. The molecule has 2 aromatic heterocycles. The van der Waals surface area contributed by atoms with Gasteiger partial charge in [-0.15, -0.1) is 0 Å². The molecule has 144 valence electrons. The van der Waals surface area contributed by atoms with E-state index in [1.807, 2.05) is 25.1 Å². The summed E-state index contributed by atoms with van der Waals surface area (Å²) < 4.78 is 7.57. The highest BCUT2D eigenvalue weighted by molar-refractivity contribution is 5.94. The van der Waals surface area contributed by atoms with Crippen LogP contribution in [0.15, 0.2) is 35.7 Å². The van der Waals surface area contributed by atoms with Gasteiger partial charge in [-0.05, 0) is 44.0 Å². The van der Waals surface area contributed by atoms with E-state index in [-0.39, 0.29) is 17.7 Å². The minimum atomic E-state index is -0.106. The number of oxime groups is 1.